The molecule has 120 valence electrons. The van der Waals surface area contributed by atoms with E-state index in [4.69, 9.17) is 4.74 Å². The predicted octanol–water partition coefficient (Wildman–Crippen LogP) is 2.13. The zero-order valence-corrected chi connectivity index (χ0v) is 12.5. The molecule has 1 aliphatic rings. The molecule has 0 spiro atoms. The third-order valence-corrected chi connectivity index (χ3v) is 3.82. The first-order valence-corrected chi connectivity index (χ1v) is 7.56. The molecule has 2 aromatic heterocycles. The molecular formula is C16H17FN4O2. The first kappa shape index (κ1) is 15.3. The molecule has 1 aliphatic carbocycles. The van der Waals surface area contributed by atoms with E-state index >= 15 is 0 Å². The van der Waals surface area contributed by atoms with Gasteiger partial charge in [0.05, 0.1) is 12.4 Å². The van der Waals surface area contributed by atoms with Gasteiger partial charge in [-0.2, -0.15) is 0 Å². The summed E-state index contributed by atoms with van der Waals surface area (Å²) in [6.45, 7) is 0. The summed E-state index contributed by atoms with van der Waals surface area (Å²) >= 11 is 0. The summed E-state index contributed by atoms with van der Waals surface area (Å²) in [5, 5.41) is 3.02. The second-order valence-corrected chi connectivity index (χ2v) is 5.48. The highest BCUT2D eigenvalue weighted by molar-refractivity contribution is 5.94. The lowest BCUT2D eigenvalue weighted by molar-refractivity contribution is 0.0885. The maximum Gasteiger partial charge on any atom is 0.316 e. The van der Waals surface area contributed by atoms with Gasteiger partial charge in [-0.15, -0.1) is 0 Å². The van der Waals surface area contributed by atoms with Crippen molar-refractivity contribution in [1.82, 2.24) is 20.3 Å². The van der Waals surface area contributed by atoms with E-state index in [1.54, 1.807) is 24.5 Å². The van der Waals surface area contributed by atoms with Gasteiger partial charge in [0.2, 0.25) is 0 Å². The molecule has 1 saturated carbocycles. The summed E-state index contributed by atoms with van der Waals surface area (Å²) in [7, 11) is 0. The summed E-state index contributed by atoms with van der Waals surface area (Å²) in [5.41, 5.74) is 0.609. The molecule has 0 atom stereocenters. The third-order valence-electron chi connectivity index (χ3n) is 3.82. The van der Waals surface area contributed by atoms with Crippen molar-refractivity contribution in [3.8, 4) is 6.01 Å². The van der Waals surface area contributed by atoms with Gasteiger partial charge < -0.3 is 10.1 Å². The van der Waals surface area contributed by atoms with Crippen LogP contribution in [0.2, 0.25) is 0 Å². The van der Waals surface area contributed by atoms with Crippen molar-refractivity contribution < 1.29 is 13.9 Å². The average molecular weight is 316 g/mol. The van der Waals surface area contributed by atoms with E-state index in [2.05, 4.69) is 20.3 Å². The van der Waals surface area contributed by atoms with Crippen LogP contribution < -0.4 is 10.1 Å². The number of carbonyl (C=O) groups excluding carboxylic acids is 1. The van der Waals surface area contributed by atoms with Gasteiger partial charge in [-0.1, -0.05) is 0 Å². The molecule has 0 aliphatic heterocycles. The van der Waals surface area contributed by atoms with Gasteiger partial charge >= 0.3 is 6.01 Å². The lowest BCUT2D eigenvalue weighted by Gasteiger charge is -2.28. The van der Waals surface area contributed by atoms with Gasteiger partial charge in [0, 0.05) is 24.0 Å². The minimum Gasteiger partial charge on any atom is -0.460 e. The number of nitrogens with one attached hydrogen (secondary N) is 1. The Labute approximate surface area is 133 Å². The largest absolute Gasteiger partial charge is 0.460 e. The summed E-state index contributed by atoms with van der Waals surface area (Å²) < 4.78 is 18.4. The molecule has 7 heteroatoms. The molecule has 23 heavy (non-hydrogen) atoms. The van der Waals surface area contributed by atoms with Crippen LogP contribution in [0, 0.1) is 5.82 Å². The molecule has 0 unspecified atom stereocenters. The highest BCUT2D eigenvalue weighted by Gasteiger charge is 2.24. The fourth-order valence-corrected chi connectivity index (χ4v) is 2.61. The van der Waals surface area contributed by atoms with Gasteiger partial charge in [-0.3, -0.25) is 9.78 Å². The number of hydrogen-bond acceptors (Lipinski definition) is 5. The Hall–Kier alpha value is -2.57. The van der Waals surface area contributed by atoms with Crippen LogP contribution in [0.5, 0.6) is 6.01 Å². The number of amides is 1. The Balaban J connectivity index is 1.47. The predicted molar refractivity (Wildman–Crippen MR) is 80.4 cm³/mol. The van der Waals surface area contributed by atoms with E-state index in [0.717, 1.165) is 38.1 Å². The minimum atomic E-state index is -0.486. The van der Waals surface area contributed by atoms with Gasteiger partial charge in [0.15, 0.2) is 5.82 Å². The molecule has 1 N–H and O–H groups in total. The Morgan fingerprint density at radius 1 is 1.13 bits per heavy atom. The summed E-state index contributed by atoms with van der Waals surface area (Å²) in [6, 6.07) is 3.70. The molecule has 3 rings (SSSR count). The molecule has 0 aromatic carbocycles. The smallest absolute Gasteiger partial charge is 0.316 e. The highest BCUT2D eigenvalue weighted by atomic mass is 19.1. The van der Waals surface area contributed by atoms with E-state index in [0.29, 0.717) is 5.56 Å². The summed E-state index contributed by atoms with van der Waals surface area (Å²) in [6.07, 6.45) is 8.60. The van der Waals surface area contributed by atoms with Crippen LogP contribution in [0.3, 0.4) is 0 Å². The van der Waals surface area contributed by atoms with Gasteiger partial charge in [-0.05, 0) is 37.8 Å². The first-order valence-electron chi connectivity index (χ1n) is 7.56. The molecule has 0 bridgehead atoms. The van der Waals surface area contributed by atoms with Gasteiger partial charge in [-0.25, -0.2) is 14.4 Å². The number of hydrogen-bond donors (Lipinski definition) is 1. The van der Waals surface area contributed by atoms with Crippen LogP contribution in [0.25, 0.3) is 0 Å². The molecule has 1 amide bonds. The van der Waals surface area contributed by atoms with Crippen molar-refractivity contribution >= 4 is 5.91 Å². The molecular weight excluding hydrogens is 299 g/mol. The van der Waals surface area contributed by atoms with Crippen molar-refractivity contribution in [1.29, 1.82) is 0 Å². The van der Waals surface area contributed by atoms with Gasteiger partial charge in [0.1, 0.15) is 6.10 Å². The van der Waals surface area contributed by atoms with E-state index in [1.165, 1.54) is 0 Å². The first-order chi connectivity index (χ1) is 11.2. The zero-order chi connectivity index (χ0) is 16.1. The number of halogens is 1. The molecule has 6 nitrogen and oxygen atoms in total. The summed E-state index contributed by atoms with van der Waals surface area (Å²) in [5.74, 6) is -0.571. The molecule has 2 heterocycles. The Morgan fingerprint density at radius 3 is 2.43 bits per heavy atom. The van der Waals surface area contributed by atoms with E-state index in [1.807, 2.05) is 0 Å². The van der Waals surface area contributed by atoms with Crippen LogP contribution >= 0.6 is 0 Å². The molecule has 0 radical (unpaired) electrons. The third kappa shape index (κ3) is 4.21. The summed E-state index contributed by atoms with van der Waals surface area (Å²) in [4.78, 5) is 23.6. The number of rotatable bonds is 4. The van der Waals surface area contributed by atoms with E-state index < -0.39 is 5.82 Å². The second-order valence-electron chi connectivity index (χ2n) is 5.48. The number of nitrogens with zero attached hydrogens (tertiary/aromatic N) is 3. The Kier molecular flexibility index (Phi) is 4.75. The van der Waals surface area contributed by atoms with E-state index in [-0.39, 0.29) is 24.1 Å². The number of ether oxygens (including phenoxy) is 1. The van der Waals surface area contributed by atoms with Crippen molar-refractivity contribution in [2.75, 3.05) is 0 Å². The lowest BCUT2D eigenvalue weighted by Crippen LogP contribution is -2.39. The van der Waals surface area contributed by atoms with Crippen LogP contribution in [-0.2, 0) is 0 Å². The van der Waals surface area contributed by atoms with Crippen molar-refractivity contribution in [3.63, 3.8) is 0 Å². The van der Waals surface area contributed by atoms with E-state index in [9.17, 15) is 9.18 Å². The van der Waals surface area contributed by atoms with Gasteiger partial charge in [0.25, 0.3) is 5.91 Å². The quantitative estimate of drug-likeness (QED) is 0.935. The molecule has 0 saturated heterocycles. The standard InChI is InChI=1S/C16H17FN4O2/c17-12-9-19-16(20-10-12)23-14-3-1-13(2-4-14)21-15(22)11-5-7-18-8-6-11/h5-10,13-14H,1-4H2,(H,21,22). The van der Waals surface area contributed by atoms with Crippen LogP contribution in [-0.4, -0.2) is 33.0 Å². The normalized spacial score (nSPS) is 20.7. The highest BCUT2D eigenvalue weighted by Crippen LogP contribution is 2.22. The van der Waals surface area contributed by atoms with Crippen molar-refractivity contribution in [2.24, 2.45) is 0 Å². The molecule has 1 fully saturated rings. The van der Waals surface area contributed by atoms with Crippen LogP contribution in [0.15, 0.2) is 36.9 Å². The maximum absolute atomic E-state index is 12.8. The monoisotopic (exact) mass is 316 g/mol. The fourth-order valence-electron chi connectivity index (χ4n) is 2.61. The van der Waals surface area contributed by atoms with Crippen molar-refractivity contribution in [2.45, 2.75) is 37.8 Å². The SMILES string of the molecule is O=C(NC1CCC(Oc2ncc(F)cn2)CC1)c1ccncc1. The van der Waals surface area contributed by atoms with Crippen LogP contribution in [0.4, 0.5) is 4.39 Å². The topological polar surface area (TPSA) is 77.0 Å². The number of aromatic nitrogens is 3. The lowest BCUT2D eigenvalue weighted by atomic mass is 9.93. The average Bonchev–Trinajstić information content (AvgIpc) is 2.59. The molecule has 2 aromatic rings. The number of carbonyl (C=O) groups is 1. The Bertz CT molecular complexity index is 643. The maximum atomic E-state index is 12.8. The number of pyridine rings is 1. The Morgan fingerprint density at radius 2 is 1.78 bits per heavy atom. The zero-order valence-electron chi connectivity index (χ0n) is 12.5. The van der Waals surface area contributed by atoms with Crippen molar-refractivity contribution in [3.05, 3.63) is 48.3 Å². The van der Waals surface area contributed by atoms with Crippen LogP contribution in [0.1, 0.15) is 36.0 Å². The second kappa shape index (κ2) is 7.13. The fraction of sp³-hybridized carbons (Fsp3) is 0.375. The minimum absolute atomic E-state index is 0.00506.